The van der Waals surface area contributed by atoms with E-state index in [1.165, 1.54) is 0 Å². The van der Waals surface area contributed by atoms with Gasteiger partial charge in [0, 0.05) is 6.54 Å². The summed E-state index contributed by atoms with van der Waals surface area (Å²) in [6.45, 7) is 2.43. The molecule has 0 radical (unpaired) electrons. The Hall–Kier alpha value is -1.01. The van der Waals surface area contributed by atoms with Crippen molar-refractivity contribution >= 4 is 5.91 Å². The van der Waals surface area contributed by atoms with Crippen molar-refractivity contribution in [3.63, 3.8) is 0 Å². The molecule has 0 aromatic heterocycles. The van der Waals surface area contributed by atoms with Crippen LogP contribution in [0.1, 0.15) is 19.8 Å². The molecule has 0 unspecified atom stereocenters. The van der Waals surface area contributed by atoms with Crippen molar-refractivity contribution in [2.45, 2.75) is 25.8 Å². The molecule has 0 bridgehead atoms. The lowest BCUT2D eigenvalue weighted by molar-refractivity contribution is -0.126. The Morgan fingerprint density at radius 1 is 1.75 bits per heavy atom. The zero-order chi connectivity index (χ0) is 8.97. The number of carbonyl (C=O) groups is 1. The van der Waals surface area contributed by atoms with Crippen LogP contribution in [0.25, 0.3) is 0 Å². The molecule has 1 aliphatic rings. The maximum atomic E-state index is 11.3. The predicted octanol–water partition coefficient (Wildman–Crippen LogP) is -0.00700. The average molecular weight is 167 g/mol. The highest BCUT2D eigenvalue weighted by Crippen LogP contribution is 2.15. The fraction of sp³-hybridized carbons (Fsp3) is 0.667. The summed E-state index contributed by atoms with van der Waals surface area (Å²) >= 11 is 0. The number of rotatable bonds is 1. The van der Waals surface area contributed by atoms with Gasteiger partial charge in [0.15, 0.2) is 0 Å². The van der Waals surface area contributed by atoms with Crippen molar-refractivity contribution < 1.29 is 9.90 Å². The number of hydrogen-bond donors (Lipinski definition) is 1. The van der Waals surface area contributed by atoms with E-state index in [0.29, 0.717) is 0 Å². The maximum absolute atomic E-state index is 11.3. The molecule has 0 aliphatic carbocycles. The summed E-state index contributed by atoms with van der Waals surface area (Å²) in [7, 11) is 0. The molecular weight excluding hydrogens is 154 g/mol. The summed E-state index contributed by atoms with van der Waals surface area (Å²) in [6, 6.07) is -0.00153. The Morgan fingerprint density at radius 3 is 3.08 bits per heavy atom. The highest BCUT2D eigenvalue weighted by Gasteiger charge is 2.26. The molecule has 12 heavy (non-hydrogen) atoms. The van der Waals surface area contributed by atoms with Crippen molar-refractivity contribution in [1.82, 2.24) is 4.90 Å². The lowest BCUT2D eigenvalue weighted by atomic mass is 10.2. The molecule has 0 spiro atoms. The molecule has 1 fully saturated rings. The number of aliphatic hydroxyl groups is 1. The zero-order valence-electron chi connectivity index (χ0n) is 7.21. The van der Waals surface area contributed by atoms with Gasteiger partial charge in [0.2, 0.25) is 0 Å². The van der Waals surface area contributed by atoms with E-state index in [1.807, 2.05) is 0 Å². The summed E-state index contributed by atoms with van der Waals surface area (Å²) in [5.41, 5.74) is 0. The van der Waals surface area contributed by atoms with Crippen LogP contribution in [0, 0.1) is 11.8 Å². The second-order valence-electron chi connectivity index (χ2n) is 2.85. The van der Waals surface area contributed by atoms with Crippen LogP contribution in [0.15, 0.2) is 0 Å². The molecule has 1 N–H and O–H groups in total. The van der Waals surface area contributed by atoms with Gasteiger partial charge < -0.3 is 10.0 Å². The molecule has 1 saturated heterocycles. The van der Waals surface area contributed by atoms with Crippen molar-refractivity contribution in [2.75, 3.05) is 13.2 Å². The highest BCUT2D eigenvalue weighted by molar-refractivity contribution is 5.93. The van der Waals surface area contributed by atoms with E-state index >= 15 is 0 Å². The summed E-state index contributed by atoms with van der Waals surface area (Å²) in [6.07, 6.45) is 1.87. The molecule has 1 rings (SSSR count). The minimum atomic E-state index is -0.158. The third kappa shape index (κ3) is 1.77. The molecule has 3 nitrogen and oxygen atoms in total. The normalized spacial score (nSPS) is 21.8. The van der Waals surface area contributed by atoms with Gasteiger partial charge in [0.1, 0.15) is 0 Å². The predicted molar refractivity (Wildman–Crippen MR) is 45.3 cm³/mol. The third-order valence-corrected chi connectivity index (χ3v) is 2.08. The number of aliphatic hydroxyl groups excluding tert-OH is 1. The lowest BCUT2D eigenvalue weighted by Crippen LogP contribution is -2.36. The molecule has 0 aromatic rings. The Balaban J connectivity index is 2.59. The van der Waals surface area contributed by atoms with Gasteiger partial charge in [-0.3, -0.25) is 4.79 Å². The van der Waals surface area contributed by atoms with Crippen LogP contribution in [0.2, 0.25) is 0 Å². The number of amides is 1. The molecule has 0 aromatic carbocycles. The molecule has 3 heteroatoms. The van der Waals surface area contributed by atoms with Crippen LogP contribution in [0.3, 0.4) is 0 Å². The number of hydrogen-bond acceptors (Lipinski definition) is 2. The van der Waals surface area contributed by atoms with E-state index in [2.05, 4.69) is 11.8 Å². The minimum absolute atomic E-state index is 0.00153. The standard InChI is InChI=1S/C9H13NO2/c1-2-4-9(12)10-6-3-5-8(10)7-11/h8,11H,3,5-7H2,1H3/t8-/m1/s1. The first kappa shape index (κ1) is 9.08. The molecular formula is C9H13NO2. The van der Waals surface area contributed by atoms with Crippen molar-refractivity contribution in [3.05, 3.63) is 0 Å². The first-order chi connectivity index (χ1) is 5.79. The van der Waals surface area contributed by atoms with Crippen LogP contribution < -0.4 is 0 Å². The lowest BCUT2D eigenvalue weighted by Gasteiger charge is -2.19. The fourth-order valence-corrected chi connectivity index (χ4v) is 1.47. The van der Waals surface area contributed by atoms with E-state index < -0.39 is 0 Å². The quantitative estimate of drug-likeness (QED) is 0.558. The van der Waals surface area contributed by atoms with Crippen LogP contribution in [0.5, 0.6) is 0 Å². The topological polar surface area (TPSA) is 40.5 Å². The van der Waals surface area contributed by atoms with Crippen molar-refractivity contribution in [1.29, 1.82) is 0 Å². The van der Waals surface area contributed by atoms with E-state index in [-0.39, 0.29) is 18.6 Å². The average Bonchev–Trinajstić information content (AvgIpc) is 2.51. The van der Waals surface area contributed by atoms with Gasteiger partial charge >= 0.3 is 0 Å². The van der Waals surface area contributed by atoms with Crippen molar-refractivity contribution in [3.8, 4) is 11.8 Å². The largest absolute Gasteiger partial charge is 0.394 e. The first-order valence-corrected chi connectivity index (χ1v) is 4.13. The van der Waals surface area contributed by atoms with Gasteiger partial charge in [0.05, 0.1) is 12.6 Å². The molecule has 1 atom stereocenters. The molecule has 1 heterocycles. The molecule has 0 saturated carbocycles. The van der Waals surface area contributed by atoms with Gasteiger partial charge in [-0.05, 0) is 25.7 Å². The number of likely N-dealkylation sites (tertiary alicyclic amines) is 1. The van der Waals surface area contributed by atoms with E-state index in [9.17, 15) is 4.79 Å². The molecule has 66 valence electrons. The summed E-state index contributed by atoms with van der Waals surface area (Å²) in [5.74, 6) is 4.89. The van der Waals surface area contributed by atoms with Gasteiger partial charge in [0.25, 0.3) is 5.91 Å². The second kappa shape index (κ2) is 4.13. The summed E-state index contributed by atoms with van der Waals surface area (Å²) < 4.78 is 0. The van der Waals surface area contributed by atoms with E-state index in [4.69, 9.17) is 5.11 Å². The summed E-state index contributed by atoms with van der Waals surface area (Å²) in [5, 5.41) is 8.91. The Labute approximate surface area is 72.4 Å². The third-order valence-electron chi connectivity index (χ3n) is 2.08. The smallest absolute Gasteiger partial charge is 0.298 e. The number of carbonyl (C=O) groups excluding carboxylic acids is 1. The Kier molecular flexibility index (Phi) is 3.12. The Morgan fingerprint density at radius 2 is 2.50 bits per heavy atom. The second-order valence-corrected chi connectivity index (χ2v) is 2.85. The molecule has 1 aliphatic heterocycles. The fourth-order valence-electron chi connectivity index (χ4n) is 1.47. The van der Waals surface area contributed by atoms with Gasteiger partial charge in [-0.1, -0.05) is 5.92 Å². The zero-order valence-corrected chi connectivity index (χ0v) is 7.21. The number of nitrogens with zero attached hydrogens (tertiary/aromatic N) is 1. The van der Waals surface area contributed by atoms with Gasteiger partial charge in [-0.2, -0.15) is 0 Å². The van der Waals surface area contributed by atoms with Crippen LogP contribution in [-0.4, -0.2) is 35.1 Å². The van der Waals surface area contributed by atoms with Crippen LogP contribution >= 0.6 is 0 Å². The van der Waals surface area contributed by atoms with Crippen LogP contribution in [-0.2, 0) is 4.79 Å². The van der Waals surface area contributed by atoms with Gasteiger partial charge in [-0.15, -0.1) is 0 Å². The summed E-state index contributed by atoms with van der Waals surface area (Å²) in [4.78, 5) is 12.9. The SMILES string of the molecule is CC#CC(=O)N1CCC[C@@H]1CO. The van der Waals surface area contributed by atoms with Gasteiger partial charge in [-0.25, -0.2) is 0 Å². The molecule has 1 amide bonds. The minimum Gasteiger partial charge on any atom is -0.394 e. The first-order valence-electron chi connectivity index (χ1n) is 4.13. The van der Waals surface area contributed by atoms with E-state index in [1.54, 1.807) is 11.8 Å². The maximum Gasteiger partial charge on any atom is 0.298 e. The highest BCUT2D eigenvalue weighted by atomic mass is 16.3. The Bertz CT molecular complexity index is 226. The monoisotopic (exact) mass is 167 g/mol. The van der Waals surface area contributed by atoms with Crippen LogP contribution in [0.4, 0.5) is 0 Å². The van der Waals surface area contributed by atoms with E-state index in [0.717, 1.165) is 19.4 Å². The van der Waals surface area contributed by atoms with Crippen molar-refractivity contribution in [2.24, 2.45) is 0 Å².